The summed E-state index contributed by atoms with van der Waals surface area (Å²) >= 11 is 0. The van der Waals surface area contributed by atoms with Crippen molar-refractivity contribution < 1.29 is 9.90 Å². The van der Waals surface area contributed by atoms with Crippen molar-refractivity contribution >= 4 is 5.91 Å². The molecule has 0 aliphatic carbocycles. The minimum atomic E-state index is -0.472. The summed E-state index contributed by atoms with van der Waals surface area (Å²) in [6.07, 6.45) is 0. The molecule has 0 spiro atoms. The van der Waals surface area contributed by atoms with Crippen LogP contribution in [0.2, 0.25) is 0 Å². The maximum atomic E-state index is 10.9. The quantitative estimate of drug-likeness (QED) is 0.607. The Labute approximate surface area is 76.2 Å². The Bertz CT molecular complexity index is 295. The van der Waals surface area contributed by atoms with Crippen molar-refractivity contribution in [1.82, 2.24) is 0 Å². The van der Waals surface area contributed by atoms with Crippen LogP contribution in [-0.4, -0.2) is 17.6 Å². The number of carbonyl (C=O) groups is 1. The van der Waals surface area contributed by atoms with E-state index < -0.39 is 11.8 Å². The number of hydrogen-bond donors (Lipinski definition) is 3. The SMILES string of the molecule is NCC(C(N)=O)c1ccc(O)cc1. The van der Waals surface area contributed by atoms with E-state index in [1.54, 1.807) is 12.1 Å². The van der Waals surface area contributed by atoms with Crippen molar-refractivity contribution in [3.63, 3.8) is 0 Å². The highest BCUT2D eigenvalue weighted by Crippen LogP contribution is 2.17. The molecule has 4 nitrogen and oxygen atoms in total. The fraction of sp³-hybridized carbons (Fsp3) is 0.222. The van der Waals surface area contributed by atoms with Crippen LogP contribution < -0.4 is 11.5 Å². The molecule has 1 amide bonds. The minimum Gasteiger partial charge on any atom is -0.508 e. The number of phenols is 1. The van der Waals surface area contributed by atoms with E-state index in [0.29, 0.717) is 0 Å². The van der Waals surface area contributed by atoms with Crippen LogP contribution >= 0.6 is 0 Å². The molecule has 0 aliphatic heterocycles. The lowest BCUT2D eigenvalue weighted by Gasteiger charge is -2.10. The second-order valence-electron chi connectivity index (χ2n) is 2.78. The largest absolute Gasteiger partial charge is 0.508 e. The standard InChI is InChI=1S/C9H12N2O2/c10-5-8(9(11)13)6-1-3-7(12)4-2-6/h1-4,8,12H,5,10H2,(H2,11,13). The van der Waals surface area contributed by atoms with E-state index in [1.165, 1.54) is 12.1 Å². The molecule has 0 saturated carbocycles. The van der Waals surface area contributed by atoms with Crippen LogP contribution in [0.1, 0.15) is 11.5 Å². The molecule has 0 saturated heterocycles. The summed E-state index contributed by atoms with van der Waals surface area (Å²) in [5.74, 6) is -0.766. The number of benzene rings is 1. The first-order valence-corrected chi connectivity index (χ1v) is 3.93. The van der Waals surface area contributed by atoms with Crippen LogP contribution in [0.15, 0.2) is 24.3 Å². The van der Waals surface area contributed by atoms with Crippen LogP contribution in [-0.2, 0) is 4.79 Å². The van der Waals surface area contributed by atoms with Crippen LogP contribution in [0.5, 0.6) is 5.75 Å². The molecule has 5 N–H and O–H groups in total. The van der Waals surface area contributed by atoms with Gasteiger partial charge in [-0.2, -0.15) is 0 Å². The van der Waals surface area contributed by atoms with Gasteiger partial charge in [0.2, 0.25) is 5.91 Å². The van der Waals surface area contributed by atoms with Gasteiger partial charge in [0.05, 0.1) is 5.92 Å². The van der Waals surface area contributed by atoms with Crippen molar-refractivity contribution in [3.05, 3.63) is 29.8 Å². The van der Waals surface area contributed by atoms with Gasteiger partial charge in [-0.05, 0) is 17.7 Å². The van der Waals surface area contributed by atoms with Gasteiger partial charge < -0.3 is 16.6 Å². The third-order valence-electron chi connectivity index (χ3n) is 1.87. The Balaban J connectivity index is 2.92. The molecule has 1 rings (SSSR count). The van der Waals surface area contributed by atoms with Gasteiger partial charge in [0.25, 0.3) is 0 Å². The molecule has 0 aliphatic rings. The van der Waals surface area contributed by atoms with E-state index in [1.807, 2.05) is 0 Å². The number of amides is 1. The highest BCUT2D eigenvalue weighted by atomic mass is 16.3. The predicted octanol–water partition coefficient (Wildman–Crippen LogP) is -0.0802. The molecule has 13 heavy (non-hydrogen) atoms. The average molecular weight is 180 g/mol. The molecule has 1 aromatic rings. The first kappa shape index (κ1) is 9.54. The third kappa shape index (κ3) is 2.19. The average Bonchev–Trinajstić information content (AvgIpc) is 2.09. The zero-order chi connectivity index (χ0) is 9.84. The van der Waals surface area contributed by atoms with Crippen LogP contribution in [0.3, 0.4) is 0 Å². The zero-order valence-corrected chi connectivity index (χ0v) is 7.10. The molecule has 4 heteroatoms. The monoisotopic (exact) mass is 180 g/mol. The Hall–Kier alpha value is -1.55. The lowest BCUT2D eigenvalue weighted by atomic mass is 9.99. The van der Waals surface area contributed by atoms with Gasteiger partial charge in [-0.3, -0.25) is 4.79 Å². The Morgan fingerprint density at radius 2 is 1.92 bits per heavy atom. The van der Waals surface area contributed by atoms with Gasteiger partial charge in [0, 0.05) is 6.54 Å². The third-order valence-corrected chi connectivity index (χ3v) is 1.87. The summed E-state index contributed by atoms with van der Waals surface area (Å²) in [6.45, 7) is 0.181. The van der Waals surface area contributed by atoms with Crippen LogP contribution in [0.4, 0.5) is 0 Å². The summed E-state index contributed by atoms with van der Waals surface area (Å²) in [4.78, 5) is 10.9. The number of phenolic OH excluding ortho intramolecular Hbond substituents is 1. The topological polar surface area (TPSA) is 89.3 Å². The molecule has 1 atom stereocenters. The fourth-order valence-electron chi connectivity index (χ4n) is 1.12. The minimum absolute atomic E-state index is 0.156. The van der Waals surface area contributed by atoms with Crippen LogP contribution in [0.25, 0.3) is 0 Å². The number of primary amides is 1. The normalized spacial score (nSPS) is 12.4. The van der Waals surface area contributed by atoms with E-state index >= 15 is 0 Å². The maximum Gasteiger partial charge on any atom is 0.226 e. The molecule has 0 heterocycles. The molecular weight excluding hydrogens is 168 g/mol. The second-order valence-corrected chi connectivity index (χ2v) is 2.78. The molecule has 1 aromatic carbocycles. The summed E-state index contributed by atoms with van der Waals surface area (Å²) in [5.41, 5.74) is 11.2. The highest BCUT2D eigenvalue weighted by Gasteiger charge is 2.15. The number of carbonyl (C=O) groups excluding carboxylic acids is 1. The van der Waals surface area contributed by atoms with Crippen molar-refractivity contribution in [2.75, 3.05) is 6.54 Å². The maximum absolute atomic E-state index is 10.9. The van der Waals surface area contributed by atoms with Crippen molar-refractivity contribution in [3.8, 4) is 5.75 Å². The molecule has 0 radical (unpaired) electrons. The summed E-state index contributed by atoms with van der Waals surface area (Å²) in [6, 6.07) is 6.27. The van der Waals surface area contributed by atoms with Gasteiger partial charge >= 0.3 is 0 Å². The lowest BCUT2D eigenvalue weighted by Crippen LogP contribution is -2.27. The highest BCUT2D eigenvalue weighted by molar-refractivity contribution is 5.82. The Kier molecular flexibility index (Phi) is 2.87. The number of rotatable bonds is 3. The molecule has 1 unspecified atom stereocenters. The number of nitrogens with two attached hydrogens (primary N) is 2. The van der Waals surface area contributed by atoms with Crippen molar-refractivity contribution in [2.24, 2.45) is 11.5 Å². The van der Waals surface area contributed by atoms with Gasteiger partial charge in [-0.1, -0.05) is 12.1 Å². The first-order valence-electron chi connectivity index (χ1n) is 3.93. The first-order chi connectivity index (χ1) is 6.15. The van der Waals surface area contributed by atoms with Crippen LogP contribution in [0, 0.1) is 0 Å². The van der Waals surface area contributed by atoms with Crippen molar-refractivity contribution in [2.45, 2.75) is 5.92 Å². The van der Waals surface area contributed by atoms with Gasteiger partial charge in [-0.15, -0.1) is 0 Å². The second kappa shape index (κ2) is 3.91. The number of aromatic hydroxyl groups is 1. The smallest absolute Gasteiger partial charge is 0.226 e. The molecule has 0 bridgehead atoms. The summed E-state index contributed by atoms with van der Waals surface area (Å²) in [5, 5.41) is 9.00. The van der Waals surface area contributed by atoms with E-state index in [4.69, 9.17) is 16.6 Å². The Morgan fingerprint density at radius 1 is 1.38 bits per heavy atom. The van der Waals surface area contributed by atoms with E-state index in [9.17, 15) is 4.79 Å². The van der Waals surface area contributed by atoms with Crippen molar-refractivity contribution in [1.29, 1.82) is 0 Å². The summed E-state index contributed by atoms with van der Waals surface area (Å²) in [7, 11) is 0. The van der Waals surface area contributed by atoms with Gasteiger partial charge in [0.1, 0.15) is 5.75 Å². The van der Waals surface area contributed by atoms with Gasteiger partial charge in [-0.25, -0.2) is 0 Å². The molecule has 70 valence electrons. The van der Waals surface area contributed by atoms with Gasteiger partial charge in [0.15, 0.2) is 0 Å². The fourth-order valence-corrected chi connectivity index (χ4v) is 1.12. The van der Waals surface area contributed by atoms with E-state index in [-0.39, 0.29) is 12.3 Å². The molecule has 0 aromatic heterocycles. The Morgan fingerprint density at radius 3 is 2.31 bits per heavy atom. The molecular formula is C9H12N2O2. The van der Waals surface area contributed by atoms with E-state index in [2.05, 4.69) is 0 Å². The van der Waals surface area contributed by atoms with E-state index in [0.717, 1.165) is 5.56 Å². The predicted molar refractivity (Wildman–Crippen MR) is 49.1 cm³/mol. The summed E-state index contributed by atoms with van der Waals surface area (Å²) < 4.78 is 0. The molecule has 0 fully saturated rings. The lowest BCUT2D eigenvalue weighted by molar-refractivity contribution is -0.119. The number of hydrogen-bond acceptors (Lipinski definition) is 3. The zero-order valence-electron chi connectivity index (χ0n) is 7.10.